The molecule has 5 nitrogen and oxygen atoms in total. The molecule has 0 radical (unpaired) electrons. The van der Waals surface area contributed by atoms with E-state index in [1.54, 1.807) is 27.7 Å². The molecule has 1 aliphatic heterocycles. The smallest absolute Gasteiger partial charge is 0.410 e. The van der Waals surface area contributed by atoms with Crippen LogP contribution < -0.4 is 0 Å². The van der Waals surface area contributed by atoms with Gasteiger partial charge < -0.3 is 14.4 Å². The first-order chi connectivity index (χ1) is 9.07. The highest BCUT2D eigenvalue weighted by atomic mass is 19.3. The van der Waals surface area contributed by atoms with Crippen LogP contribution in [0.25, 0.3) is 0 Å². The van der Waals surface area contributed by atoms with E-state index in [9.17, 15) is 18.4 Å². The van der Waals surface area contributed by atoms with Gasteiger partial charge >= 0.3 is 12.1 Å². The number of alkyl halides is 2. The monoisotopic (exact) mass is 293 g/mol. The number of likely N-dealkylation sites (tertiary alicyclic amines) is 1. The van der Waals surface area contributed by atoms with E-state index in [0.29, 0.717) is 0 Å². The van der Waals surface area contributed by atoms with Gasteiger partial charge in [-0.2, -0.15) is 0 Å². The van der Waals surface area contributed by atoms with Crippen molar-refractivity contribution < 1.29 is 27.8 Å². The van der Waals surface area contributed by atoms with Crippen LogP contribution in [0.15, 0.2) is 0 Å². The number of ether oxygens (including phenoxy) is 2. The summed E-state index contributed by atoms with van der Waals surface area (Å²) in [6.45, 7) is 5.82. The van der Waals surface area contributed by atoms with Crippen LogP contribution in [0.4, 0.5) is 13.6 Å². The van der Waals surface area contributed by atoms with Crippen molar-refractivity contribution >= 4 is 12.1 Å². The largest absolute Gasteiger partial charge is 0.466 e. The highest BCUT2D eigenvalue weighted by Crippen LogP contribution is 2.34. The third kappa shape index (κ3) is 4.31. The number of rotatable bonds is 2. The second-order valence-electron chi connectivity index (χ2n) is 5.76. The van der Waals surface area contributed by atoms with Gasteiger partial charge in [0.05, 0.1) is 13.2 Å². The van der Waals surface area contributed by atoms with Crippen molar-refractivity contribution in [3.8, 4) is 0 Å². The molecule has 0 aromatic rings. The lowest BCUT2D eigenvalue weighted by atomic mass is 9.93. The Morgan fingerprint density at radius 1 is 1.35 bits per heavy atom. The average Bonchev–Trinajstić information content (AvgIpc) is 2.25. The zero-order valence-corrected chi connectivity index (χ0v) is 12.2. The Morgan fingerprint density at radius 2 is 1.95 bits per heavy atom. The molecule has 1 atom stereocenters. The summed E-state index contributed by atoms with van der Waals surface area (Å²) in [7, 11) is 0. The molecule has 1 amide bonds. The van der Waals surface area contributed by atoms with Crippen LogP contribution in [0.5, 0.6) is 0 Å². The summed E-state index contributed by atoms with van der Waals surface area (Å²) in [6, 6.07) is 0. The van der Waals surface area contributed by atoms with Gasteiger partial charge in [0.25, 0.3) is 5.92 Å². The van der Waals surface area contributed by atoms with Crippen LogP contribution >= 0.6 is 0 Å². The molecular formula is C13H21F2NO4. The van der Waals surface area contributed by atoms with Gasteiger partial charge in [-0.25, -0.2) is 13.6 Å². The fraction of sp³-hybridized carbons (Fsp3) is 0.846. The number of piperidine rings is 1. The van der Waals surface area contributed by atoms with E-state index >= 15 is 0 Å². The molecule has 0 bridgehead atoms. The topological polar surface area (TPSA) is 55.8 Å². The van der Waals surface area contributed by atoms with Crippen LogP contribution in [0.3, 0.4) is 0 Å². The van der Waals surface area contributed by atoms with Crippen LogP contribution in [-0.4, -0.2) is 48.2 Å². The minimum atomic E-state index is -3.30. The molecule has 116 valence electrons. The predicted octanol–water partition coefficient (Wildman–Crippen LogP) is 2.44. The SMILES string of the molecule is CCOC(=O)[C@H]1CCN(C(=O)OC(C)(C)C)CC1(F)F. The maximum atomic E-state index is 13.9. The lowest BCUT2D eigenvalue weighted by Crippen LogP contribution is -2.54. The van der Waals surface area contributed by atoms with Gasteiger partial charge in [-0.05, 0) is 34.1 Å². The molecule has 1 heterocycles. The molecule has 0 unspecified atom stereocenters. The normalized spacial score (nSPS) is 22.3. The minimum absolute atomic E-state index is 0.0496. The second kappa shape index (κ2) is 5.93. The maximum Gasteiger partial charge on any atom is 0.410 e. The lowest BCUT2D eigenvalue weighted by Gasteiger charge is -2.37. The summed E-state index contributed by atoms with van der Waals surface area (Å²) in [4.78, 5) is 24.2. The number of carbonyl (C=O) groups excluding carboxylic acids is 2. The molecular weight excluding hydrogens is 272 g/mol. The third-order valence-electron chi connectivity index (χ3n) is 2.82. The van der Waals surface area contributed by atoms with Gasteiger partial charge in [0, 0.05) is 6.54 Å². The summed E-state index contributed by atoms with van der Waals surface area (Å²) in [5.41, 5.74) is -0.746. The van der Waals surface area contributed by atoms with Crippen LogP contribution in [0.1, 0.15) is 34.1 Å². The molecule has 0 aliphatic carbocycles. The van der Waals surface area contributed by atoms with E-state index in [0.717, 1.165) is 4.90 Å². The summed E-state index contributed by atoms with van der Waals surface area (Å²) in [5.74, 6) is -5.72. The van der Waals surface area contributed by atoms with Crippen molar-refractivity contribution in [3.05, 3.63) is 0 Å². The third-order valence-corrected chi connectivity index (χ3v) is 2.82. The highest BCUT2D eigenvalue weighted by Gasteiger charge is 2.50. The Kier molecular flexibility index (Phi) is 4.94. The van der Waals surface area contributed by atoms with Gasteiger partial charge in [-0.1, -0.05) is 0 Å². The molecule has 1 fully saturated rings. The Labute approximate surface area is 117 Å². The molecule has 0 aromatic heterocycles. The zero-order valence-electron chi connectivity index (χ0n) is 12.2. The molecule has 20 heavy (non-hydrogen) atoms. The molecule has 7 heteroatoms. The quantitative estimate of drug-likeness (QED) is 0.734. The number of nitrogens with zero attached hydrogens (tertiary/aromatic N) is 1. The first-order valence-electron chi connectivity index (χ1n) is 6.59. The predicted molar refractivity (Wildman–Crippen MR) is 67.5 cm³/mol. The molecule has 1 saturated heterocycles. The number of hydrogen-bond donors (Lipinski definition) is 0. The van der Waals surface area contributed by atoms with Crippen LogP contribution in [0, 0.1) is 5.92 Å². The average molecular weight is 293 g/mol. The first kappa shape index (κ1) is 16.7. The van der Waals surface area contributed by atoms with Crippen molar-refractivity contribution in [2.75, 3.05) is 19.7 Å². The Bertz CT molecular complexity index is 379. The van der Waals surface area contributed by atoms with Crippen molar-refractivity contribution in [2.24, 2.45) is 5.92 Å². The Morgan fingerprint density at radius 3 is 2.40 bits per heavy atom. The number of carbonyl (C=O) groups is 2. The summed E-state index contributed by atoms with van der Waals surface area (Å²) in [5, 5.41) is 0. The van der Waals surface area contributed by atoms with Gasteiger partial charge in [-0.3, -0.25) is 4.79 Å². The summed E-state index contributed by atoms with van der Waals surface area (Å²) < 4.78 is 37.6. The van der Waals surface area contributed by atoms with E-state index in [1.807, 2.05) is 0 Å². The molecule has 0 aromatic carbocycles. The fourth-order valence-electron chi connectivity index (χ4n) is 1.96. The van der Waals surface area contributed by atoms with Crippen molar-refractivity contribution in [1.29, 1.82) is 0 Å². The lowest BCUT2D eigenvalue weighted by molar-refractivity contribution is -0.172. The van der Waals surface area contributed by atoms with E-state index in [1.165, 1.54) is 0 Å². The van der Waals surface area contributed by atoms with E-state index in [-0.39, 0.29) is 19.6 Å². The maximum absolute atomic E-state index is 13.9. The van der Waals surface area contributed by atoms with Gasteiger partial charge in [0.15, 0.2) is 0 Å². The number of amides is 1. The standard InChI is InChI=1S/C13H21F2NO4/c1-5-19-10(17)9-6-7-16(8-13(9,14)15)11(18)20-12(2,3)4/h9H,5-8H2,1-4H3/t9-/m1/s1. The van der Waals surface area contributed by atoms with Gasteiger partial charge in [0.2, 0.25) is 0 Å². The van der Waals surface area contributed by atoms with Crippen molar-refractivity contribution in [3.63, 3.8) is 0 Å². The second-order valence-corrected chi connectivity index (χ2v) is 5.76. The molecule has 1 aliphatic rings. The molecule has 0 N–H and O–H groups in total. The Balaban J connectivity index is 2.69. The fourth-order valence-corrected chi connectivity index (χ4v) is 1.96. The summed E-state index contributed by atoms with van der Waals surface area (Å²) >= 11 is 0. The number of esters is 1. The van der Waals surface area contributed by atoms with Crippen LogP contribution in [-0.2, 0) is 14.3 Å². The first-order valence-corrected chi connectivity index (χ1v) is 6.59. The van der Waals surface area contributed by atoms with Gasteiger partial charge in [0.1, 0.15) is 11.5 Å². The Hall–Kier alpha value is -1.40. The van der Waals surface area contributed by atoms with E-state index in [2.05, 4.69) is 4.74 Å². The zero-order chi connectivity index (χ0) is 15.6. The van der Waals surface area contributed by atoms with Gasteiger partial charge in [-0.15, -0.1) is 0 Å². The summed E-state index contributed by atoms with van der Waals surface area (Å²) in [6.07, 6.45) is -0.926. The van der Waals surface area contributed by atoms with Crippen molar-refractivity contribution in [1.82, 2.24) is 4.90 Å². The van der Waals surface area contributed by atoms with E-state index < -0.39 is 36.0 Å². The molecule has 0 saturated carbocycles. The molecule has 1 rings (SSSR count). The van der Waals surface area contributed by atoms with E-state index in [4.69, 9.17) is 4.74 Å². The minimum Gasteiger partial charge on any atom is -0.466 e. The van der Waals surface area contributed by atoms with Crippen molar-refractivity contribution in [2.45, 2.75) is 45.6 Å². The number of hydrogen-bond acceptors (Lipinski definition) is 4. The highest BCUT2D eigenvalue weighted by molar-refractivity contribution is 5.75. The molecule has 0 spiro atoms. The van der Waals surface area contributed by atoms with Crippen LogP contribution in [0.2, 0.25) is 0 Å². The number of halogens is 2.